The van der Waals surface area contributed by atoms with Gasteiger partial charge in [0.2, 0.25) is 0 Å². The van der Waals surface area contributed by atoms with E-state index < -0.39 is 0 Å². The number of aliphatic imine (C=N–C) groups is 1. The number of aromatic nitrogens is 1. The third kappa shape index (κ3) is 4.44. The summed E-state index contributed by atoms with van der Waals surface area (Å²) in [6.45, 7) is 3.55. The topological polar surface area (TPSA) is 41.1 Å². The summed E-state index contributed by atoms with van der Waals surface area (Å²) in [5.41, 5.74) is 7.91. The molecule has 35 heavy (non-hydrogen) atoms. The molecule has 0 amide bonds. The Labute approximate surface area is 209 Å². The Morgan fingerprint density at radius 1 is 0.714 bits per heavy atom. The fourth-order valence-electron chi connectivity index (χ4n) is 4.33. The molecule has 0 aliphatic heterocycles. The molecule has 0 saturated heterocycles. The van der Waals surface area contributed by atoms with Crippen LogP contribution in [-0.2, 0) is 7.05 Å². The van der Waals surface area contributed by atoms with Crippen LogP contribution < -0.4 is 0 Å². The monoisotopic (exact) mass is 471 g/mol. The number of nitrogens with zero attached hydrogens (tertiary/aromatic N) is 2. The zero-order valence-electron chi connectivity index (χ0n) is 19.5. The van der Waals surface area contributed by atoms with E-state index in [4.69, 9.17) is 5.41 Å². The van der Waals surface area contributed by atoms with Crippen LogP contribution in [0.5, 0.6) is 0 Å². The van der Waals surface area contributed by atoms with Crippen molar-refractivity contribution in [1.29, 1.82) is 5.41 Å². The molecule has 0 spiro atoms. The second-order valence-corrected chi connectivity index (χ2v) is 8.98. The SMILES string of the molecule is C=Nc1cscc1C(=N)c1ccc(-c2ccccc2)cc1.Cn1c2ccccc2c2ccccc21. The first kappa shape index (κ1) is 22.5. The number of rotatable bonds is 4. The molecule has 1 N–H and O–H groups in total. The lowest BCUT2D eigenvalue weighted by atomic mass is 10.00. The van der Waals surface area contributed by atoms with Crippen LogP contribution in [0, 0.1) is 5.41 Å². The Hall–Kier alpha value is -4.28. The molecule has 2 aromatic heterocycles. The Morgan fingerprint density at radius 3 is 1.86 bits per heavy atom. The molecule has 6 rings (SSSR count). The molecule has 0 saturated carbocycles. The van der Waals surface area contributed by atoms with Gasteiger partial charge in [0.15, 0.2) is 0 Å². The van der Waals surface area contributed by atoms with Gasteiger partial charge in [0.25, 0.3) is 0 Å². The van der Waals surface area contributed by atoms with Gasteiger partial charge in [-0.2, -0.15) is 0 Å². The number of hydrogen-bond acceptors (Lipinski definition) is 3. The summed E-state index contributed by atoms with van der Waals surface area (Å²) < 4.78 is 2.24. The summed E-state index contributed by atoms with van der Waals surface area (Å²) in [6.07, 6.45) is 0. The highest BCUT2D eigenvalue weighted by molar-refractivity contribution is 7.08. The van der Waals surface area contributed by atoms with Crippen LogP contribution in [0.2, 0.25) is 0 Å². The van der Waals surface area contributed by atoms with Crippen LogP contribution in [0.3, 0.4) is 0 Å². The third-order valence-corrected chi connectivity index (χ3v) is 6.91. The standard InChI is InChI=1S/C18H14N2S.C13H11N/c1-20-17-12-21-11-16(17)18(19)15-9-7-14(8-10-15)13-5-3-2-4-6-13;1-14-12-8-4-2-6-10(12)11-7-3-5-9-13(11)14/h2-12,19H,1H2;2-9H,1H3. The Balaban J connectivity index is 0.000000156. The number of hydrogen-bond donors (Lipinski definition) is 1. The van der Waals surface area contributed by atoms with Gasteiger partial charge in [0.05, 0.1) is 11.4 Å². The van der Waals surface area contributed by atoms with E-state index in [1.54, 1.807) is 0 Å². The normalized spacial score (nSPS) is 10.7. The quantitative estimate of drug-likeness (QED) is 0.250. The molecule has 0 unspecified atom stereocenters. The average molecular weight is 472 g/mol. The Bertz CT molecular complexity index is 1570. The molecule has 3 nitrogen and oxygen atoms in total. The molecule has 2 heterocycles. The lowest BCUT2D eigenvalue weighted by Gasteiger charge is -2.06. The molecule has 0 bridgehead atoms. The Morgan fingerprint density at radius 2 is 1.26 bits per heavy atom. The van der Waals surface area contributed by atoms with Gasteiger partial charge >= 0.3 is 0 Å². The van der Waals surface area contributed by atoms with Gasteiger partial charge in [0.1, 0.15) is 0 Å². The van der Waals surface area contributed by atoms with E-state index in [2.05, 4.69) is 84.0 Å². The minimum absolute atomic E-state index is 0.485. The number of thiophene rings is 1. The molecule has 170 valence electrons. The van der Waals surface area contributed by atoms with Crippen molar-refractivity contribution in [3.05, 3.63) is 125 Å². The molecular formula is C31H25N3S. The summed E-state index contributed by atoms with van der Waals surface area (Å²) in [5, 5.41) is 14.9. The largest absolute Gasteiger partial charge is 0.344 e. The first-order valence-corrected chi connectivity index (χ1v) is 12.3. The molecule has 0 radical (unpaired) electrons. The van der Waals surface area contributed by atoms with E-state index in [1.165, 1.54) is 38.7 Å². The maximum atomic E-state index is 8.33. The lowest BCUT2D eigenvalue weighted by molar-refractivity contribution is 1.01. The van der Waals surface area contributed by atoms with Crippen molar-refractivity contribution in [2.75, 3.05) is 0 Å². The maximum Gasteiger partial charge on any atom is 0.0823 e. The summed E-state index contributed by atoms with van der Waals surface area (Å²) >= 11 is 1.54. The Kier molecular flexibility index (Phi) is 6.38. The fourth-order valence-corrected chi connectivity index (χ4v) is 5.11. The van der Waals surface area contributed by atoms with Crippen molar-refractivity contribution < 1.29 is 0 Å². The van der Waals surface area contributed by atoms with E-state index in [1.807, 2.05) is 53.2 Å². The van der Waals surface area contributed by atoms with E-state index in [0.717, 1.165) is 22.4 Å². The minimum atomic E-state index is 0.485. The zero-order valence-corrected chi connectivity index (χ0v) is 20.3. The zero-order chi connectivity index (χ0) is 24.2. The average Bonchev–Trinajstić information content (AvgIpc) is 3.53. The van der Waals surface area contributed by atoms with Gasteiger partial charge in [0, 0.05) is 50.7 Å². The first-order chi connectivity index (χ1) is 17.2. The number of benzene rings is 4. The molecule has 6 aromatic rings. The van der Waals surface area contributed by atoms with Crippen LogP contribution in [0.25, 0.3) is 32.9 Å². The number of fused-ring (bicyclic) bond motifs is 3. The third-order valence-electron chi connectivity index (χ3n) is 6.18. The van der Waals surface area contributed by atoms with Crippen LogP contribution in [0.15, 0.2) is 119 Å². The van der Waals surface area contributed by atoms with Crippen LogP contribution >= 0.6 is 11.3 Å². The summed E-state index contributed by atoms with van der Waals surface area (Å²) in [4.78, 5) is 3.96. The molecule has 4 heteroatoms. The van der Waals surface area contributed by atoms with Crippen molar-refractivity contribution in [2.24, 2.45) is 12.0 Å². The van der Waals surface area contributed by atoms with Crippen molar-refractivity contribution in [1.82, 2.24) is 4.57 Å². The van der Waals surface area contributed by atoms with Crippen molar-refractivity contribution in [3.8, 4) is 11.1 Å². The van der Waals surface area contributed by atoms with Crippen molar-refractivity contribution >= 4 is 51.3 Å². The minimum Gasteiger partial charge on any atom is -0.344 e. The van der Waals surface area contributed by atoms with Crippen LogP contribution in [0.1, 0.15) is 11.1 Å². The van der Waals surface area contributed by atoms with Gasteiger partial charge in [-0.25, -0.2) is 0 Å². The van der Waals surface area contributed by atoms with Gasteiger partial charge < -0.3 is 4.57 Å². The highest BCUT2D eigenvalue weighted by atomic mass is 32.1. The van der Waals surface area contributed by atoms with Crippen molar-refractivity contribution in [2.45, 2.75) is 0 Å². The predicted octanol–water partition coefficient (Wildman–Crippen LogP) is 8.49. The van der Waals surface area contributed by atoms with E-state index in [-0.39, 0.29) is 0 Å². The summed E-state index contributed by atoms with van der Waals surface area (Å²) in [7, 11) is 2.12. The van der Waals surface area contributed by atoms with Gasteiger partial charge in [-0.05, 0) is 30.0 Å². The summed E-state index contributed by atoms with van der Waals surface area (Å²) in [6, 6.07) is 35.3. The molecule has 0 atom stereocenters. The van der Waals surface area contributed by atoms with E-state index in [0.29, 0.717) is 5.71 Å². The second kappa shape index (κ2) is 9.92. The molecule has 0 aliphatic rings. The maximum absolute atomic E-state index is 8.33. The highest BCUT2D eigenvalue weighted by Gasteiger charge is 2.10. The molecular weight excluding hydrogens is 446 g/mol. The predicted molar refractivity (Wildman–Crippen MR) is 152 cm³/mol. The highest BCUT2D eigenvalue weighted by Crippen LogP contribution is 2.28. The van der Waals surface area contributed by atoms with E-state index in [9.17, 15) is 0 Å². The first-order valence-electron chi connectivity index (χ1n) is 11.4. The number of nitrogens with one attached hydrogen (secondary N) is 1. The molecule has 4 aromatic carbocycles. The lowest BCUT2D eigenvalue weighted by Crippen LogP contribution is -1.99. The van der Waals surface area contributed by atoms with Crippen molar-refractivity contribution in [3.63, 3.8) is 0 Å². The molecule has 0 aliphatic carbocycles. The smallest absolute Gasteiger partial charge is 0.0823 e. The van der Waals surface area contributed by atoms with Crippen LogP contribution in [-0.4, -0.2) is 17.0 Å². The number of para-hydroxylation sites is 2. The van der Waals surface area contributed by atoms with Crippen LogP contribution in [0.4, 0.5) is 5.69 Å². The van der Waals surface area contributed by atoms with Gasteiger partial charge in [-0.3, -0.25) is 10.4 Å². The number of aryl methyl sites for hydroxylation is 1. The fraction of sp³-hybridized carbons (Fsp3) is 0.0323. The molecule has 0 fully saturated rings. The van der Waals surface area contributed by atoms with E-state index >= 15 is 0 Å². The van der Waals surface area contributed by atoms with Gasteiger partial charge in [-0.15, -0.1) is 11.3 Å². The van der Waals surface area contributed by atoms with Gasteiger partial charge in [-0.1, -0.05) is 91.0 Å². The summed E-state index contributed by atoms with van der Waals surface area (Å²) in [5.74, 6) is 0. The second-order valence-electron chi connectivity index (χ2n) is 8.24.